The van der Waals surface area contributed by atoms with Crippen molar-refractivity contribution in [3.8, 4) is 5.75 Å². The van der Waals surface area contributed by atoms with Crippen LogP contribution in [0.1, 0.15) is 35.2 Å². The van der Waals surface area contributed by atoms with E-state index in [9.17, 15) is 19.5 Å². The number of hydrogen-bond donors (Lipinski definition) is 3. The fraction of sp³-hybridized carbons (Fsp3) is 0.320. The molecular formula is C25H24N2O5S. The largest absolute Gasteiger partial charge is 0.508 e. The zero-order valence-corrected chi connectivity index (χ0v) is 18.7. The highest BCUT2D eigenvalue weighted by molar-refractivity contribution is 7.17. The first kappa shape index (κ1) is 21.6. The zero-order chi connectivity index (χ0) is 23.0. The van der Waals surface area contributed by atoms with Crippen LogP contribution in [-0.4, -0.2) is 47.0 Å². The minimum atomic E-state index is -1.02. The van der Waals surface area contributed by atoms with Crippen molar-refractivity contribution in [2.24, 2.45) is 0 Å². The number of phenolic OH excluding ortho intramolecular Hbond substituents is 1. The Kier molecular flexibility index (Phi) is 5.64. The van der Waals surface area contributed by atoms with E-state index in [0.717, 1.165) is 22.9 Å². The standard InChI is InChI=1S/C25H24N2O5S/c28-16-6-3-5-15(11-16)12-19(24(31)27-25-10-4-9-22(25)32-13-21(25)29)26-23(30)18-14-33-20-8-2-1-7-17(18)20/h1-3,5-8,11,14,19,22,28H,4,9-10,12-13H2,(H,26,30)(H,27,31). The quantitative estimate of drug-likeness (QED) is 0.520. The number of nitrogens with one attached hydrogen (secondary N) is 2. The van der Waals surface area contributed by atoms with Crippen molar-refractivity contribution < 1.29 is 24.2 Å². The van der Waals surface area contributed by atoms with E-state index in [4.69, 9.17) is 4.74 Å². The smallest absolute Gasteiger partial charge is 0.253 e. The van der Waals surface area contributed by atoms with E-state index in [2.05, 4.69) is 10.6 Å². The maximum Gasteiger partial charge on any atom is 0.253 e. The fourth-order valence-corrected chi connectivity index (χ4v) is 5.80. The number of amides is 2. The molecule has 33 heavy (non-hydrogen) atoms. The van der Waals surface area contributed by atoms with Crippen molar-refractivity contribution in [1.82, 2.24) is 10.6 Å². The van der Waals surface area contributed by atoms with E-state index < -0.39 is 17.5 Å². The van der Waals surface area contributed by atoms with Gasteiger partial charge in [0.25, 0.3) is 5.91 Å². The summed E-state index contributed by atoms with van der Waals surface area (Å²) in [7, 11) is 0. The minimum Gasteiger partial charge on any atom is -0.508 e. The molecule has 5 rings (SSSR count). The first-order valence-corrected chi connectivity index (χ1v) is 11.9. The molecule has 8 heteroatoms. The monoisotopic (exact) mass is 464 g/mol. The number of ether oxygens (including phenoxy) is 1. The molecule has 1 aromatic heterocycles. The van der Waals surface area contributed by atoms with Crippen LogP contribution in [0.2, 0.25) is 0 Å². The van der Waals surface area contributed by atoms with Gasteiger partial charge in [-0.25, -0.2) is 0 Å². The molecule has 2 amide bonds. The second-order valence-electron chi connectivity index (χ2n) is 8.62. The van der Waals surface area contributed by atoms with E-state index in [1.165, 1.54) is 11.3 Å². The van der Waals surface area contributed by atoms with Crippen LogP contribution in [0.15, 0.2) is 53.9 Å². The Morgan fingerprint density at radius 2 is 2.06 bits per heavy atom. The molecule has 1 saturated carbocycles. The third-order valence-electron chi connectivity index (χ3n) is 6.54. The molecular weight excluding hydrogens is 440 g/mol. The maximum absolute atomic E-state index is 13.4. The number of aromatic hydroxyl groups is 1. The van der Waals surface area contributed by atoms with Crippen molar-refractivity contribution in [1.29, 1.82) is 0 Å². The van der Waals surface area contributed by atoms with Crippen LogP contribution in [-0.2, 0) is 20.7 Å². The molecule has 2 aliphatic rings. The third kappa shape index (κ3) is 4.00. The lowest BCUT2D eigenvalue weighted by atomic mass is 9.91. The lowest BCUT2D eigenvalue weighted by molar-refractivity contribution is -0.131. The van der Waals surface area contributed by atoms with Crippen LogP contribution in [0, 0.1) is 0 Å². The predicted molar refractivity (Wildman–Crippen MR) is 124 cm³/mol. The van der Waals surface area contributed by atoms with Gasteiger partial charge in [-0.2, -0.15) is 0 Å². The van der Waals surface area contributed by atoms with E-state index in [1.54, 1.807) is 29.6 Å². The Balaban J connectivity index is 1.42. The summed E-state index contributed by atoms with van der Waals surface area (Å²) in [5, 5.41) is 18.3. The van der Waals surface area contributed by atoms with Gasteiger partial charge in [-0.15, -0.1) is 11.3 Å². The molecule has 0 bridgehead atoms. The van der Waals surface area contributed by atoms with Crippen LogP contribution in [0.4, 0.5) is 0 Å². The number of benzene rings is 2. The Labute approximate surface area is 194 Å². The highest BCUT2D eigenvalue weighted by Crippen LogP contribution is 2.38. The van der Waals surface area contributed by atoms with E-state index in [-0.39, 0.29) is 36.6 Å². The second-order valence-corrected chi connectivity index (χ2v) is 9.53. The van der Waals surface area contributed by atoms with Crippen molar-refractivity contribution in [2.75, 3.05) is 6.61 Å². The highest BCUT2D eigenvalue weighted by Gasteiger charge is 2.55. The summed E-state index contributed by atoms with van der Waals surface area (Å²) in [6.45, 7) is -0.00454. The van der Waals surface area contributed by atoms with Gasteiger partial charge in [-0.3, -0.25) is 14.4 Å². The Bertz CT molecular complexity index is 1240. The molecule has 2 heterocycles. The Morgan fingerprint density at radius 3 is 2.91 bits per heavy atom. The second kappa shape index (κ2) is 8.61. The summed E-state index contributed by atoms with van der Waals surface area (Å²) < 4.78 is 6.60. The predicted octanol–water partition coefficient (Wildman–Crippen LogP) is 2.95. The normalized spacial score (nSPS) is 22.8. The first-order valence-electron chi connectivity index (χ1n) is 11.0. The SMILES string of the molecule is O=C(NC(Cc1cccc(O)c1)C(=O)NC12CCCC1OCC2=O)c1csc2ccccc12. The summed E-state index contributed by atoms with van der Waals surface area (Å²) in [6, 6.07) is 13.3. The molecule has 3 atom stereocenters. The van der Waals surface area contributed by atoms with Crippen LogP contribution < -0.4 is 10.6 Å². The van der Waals surface area contributed by atoms with E-state index in [0.29, 0.717) is 17.5 Å². The molecule has 0 radical (unpaired) electrons. The Morgan fingerprint density at radius 1 is 1.21 bits per heavy atom. The van der Waals surface area contributed by atoms with Gasteiger partial charge >= 0.3 is 0 Å². The van der Waals surface area contributed by atoms with E-state index >= 15 is 0 Å². The van der Waals surface area contributed by atoms with E-state index in [1.807, 2.05) is 24.3 Å². The van der Waals surface area contributed by atoms with Crippen LogP contribution in [0.5, 0.6) is 5.75 Å². The average Bonchev–Trinajstić information content (AvgIpc) is 3.48. The zero-order valence-electron chi connectivity index (χ0n) is 17.9. The van der Waals surface area contributed by atoms with Crippen molar-refractivity contribution in [3.05, 3.63) is 65.0 Å². The topological polar surface area (TPSA) is 105 Å². The molecule has 2 fully saturated rings. The molecule has 7 nitrogen and oxygen atoms in total. The van der Waals surface area contributed by atoms with Gasteiger partial charge in [0.15, 0.2) is 5.78 Å². The van der Waals surface area contributed by atoms with Gasteiger partial charge < -0.3 is 20.5 Å². The fourth-order valence-electron chi connectivity index (χ4n) is 4.86. The number of fused-ring (bicyclic) bond motifs is 2. The summed E-state index contributed by atoms with van der Waals surface area (Å²) in [6.07, 6.45) is 1.89. The van der Waals surface area contributed by atoms with Crippen molar-refractivity contribution in [2.45, 2.75) is 43.4 Å². The molecule has 1 aliphatic heterocycles. The van der Waals surface area contributed by atoms with Gasteiger partial charge in [0.2, 0.25) is 5.91 Å². The molecule has 170 valence electrons. The number of carbonyl (C=O) groups is 3. The maximum atomic E-state index is 13.4. The number of carbonyl (C=O) groups excluding carboxylic acids is 3. The van der Waals surface area contributed by atoms with Gasteiger partial charge in [0.05, 0.1) is 11.7 Å². The van der Waals surface area contributed by atoms with Gasteiger partial charge in [-0.1, -0.05) is 30.3 Å². The number of thiophene rings is 1. The molecule has 2 aromatic carbocycles. The average molecular weight is 465 g/mol. The van der Waals surface area contributed by atoms with Gasteiger partial charge in [0.1, 0.15) is 23.9 Å². The molecule has 1 aliphatic carbocycles. The summed E-state index contributed by atoms with van der Waals surface area (Å²) in [4.78, 5) is 39.3. The van der Waals surface area contributed by atoms with Crippen molar-refractivity contribution in [3.63, 3.8) is 0 Å². The summed E-state index contributed by atoms with van der Waals surface area (Å²) in [5.74, 6) is -0.834. The molecule has 3 N–H and O–H groups in total. The first-order chi connectivity index (χ1) is 16.0. The van der Waals surface area contributed by atoms with Crippen LogP contribution in [0.3, 0.4) is 0 Å². The number of rotatable bonds is 6. The third-order valence-corrected chi connectivity index (χ3v) is 7.51. The van der Waals surface area contributed by atoms with Crippen molar-refractivity contribution >= 4 is 39.0 Å². The van der Waals surface area contributed by atoms with Crippen LogP contribution in [0.25, 0.3) is 10.1 Å². The number of Topliss-reactive ketones (excluding diaryl/α,β-unsaturated/α-hetero) is 1. The molecule has 3 unspecified atom stereocenters. The van der Waals surface area contributed by atoms with Gasteiger partial charge in [-0.05, 0) is 43.0 Å². The molecule has 0 spiro atoms. The number of hydrogen-bond acceptors (Lipinski definition) is 6. The summed E-state index contributed by atoms with van der Waals surface area (Å²) >= 11 is 1.47. The molecule has 3 aromatic rings. The Hall–Kier alpha value is -3.23. The lowest BCUT2D eigenvalue weighted by Gasteiger charge is -2.30. The summed E-state index contributed by atoms with van der Waals surface area (Å²) in [5.41, 5.74) is 0.176. The van der Waals surface area contributed by atoms with Gasteiger partial charge in [0, 0.05) is 21.9 Å². The highest BCUT2D eigenvalue weighted by atomic mass is 32.1. The lowest BCUT2D eigenvalue weighted by Crippen LogP contribution is -2.60. The number of ketones is 1. The van der Waals surface area contributed by atoms with Crippen LogP contribution >= 0.6 is 11.3 Å². The molecule has 1 saturated heterocycles. The minimum absolute atomic E-state index is 0.00454. The number of phenols is 1.